The Bertz CT molecular complexity index is 6730. The molecule has 0 amide bonds. The molecule has 6 bridgehead atoms. The maximum Gasteiger partial charge on any atom is 0.472 e. The average molecular weight is 1980 g/mol. The van der Waals surface area contributed by atoms with Crippen LogP contribution in [0.1, 0.15) is 107 Å². The van der Waals surface area contributed by atoms with Crippen LogP contribution in [0.2, 0.25) is 0 Å². The fourth-order valence-electron chi connectivity index (χ4n) is 16.1. The van der Waals surface area contributed by atoms with Gasteiger partial charge in [-0.1, -0.05) is 0 Å². The lowest BCUT2D eigenvalue weighted by atomic mass is 10.1. The van der Waals surface area contributed by atoms with Crippen molar-refractivity contribution in [2.24, 2.45) is 15.0 Å². The number of alkyl halides is 3. The first-order valence-corrected chi connectivity index (χ1v) is 48.0. The number of halogens is 3. The van der Waals surface area contributed by atoms with E-state index in [1.165, 1.54) is 51.3 Å². The number of aromatic nitrogens is 18. The molecule has 9 aromatic heterocycles. The number of carbonyl (C=O) groups excluding carboxylic acids is 3. The van der Waals surface area contributed by atoms with Crippen LogP contribution in [-0.2, 0) is 110 Å². The summed E-state index contributed by atoms with van der Waals surface area (Å²) in [4.78, 5) is 192. The Hall–Kier alpha value is -9.69. The lowest BCUT2D eigenvalue weighted by Gasteiger charge is -2.25. The molecule has 6 unspecified atom stereocenters. The van der Waals surface area contributed by atoms with Crippen LogP contribution in [0.25, 0.3) is 33.5 Å². The van der Waals surface area contributed by atoms with E-state index in [0.717, 1.165) is 32.7 Å². The summed E-state index contributed by atoms with van der Waals surface area (Å²) in [6.07, 6.45) is -21.7. The molecule has 60 nitrogen and oxygen atoms in total. The average Bonchev–Trinajstić information content (AvgIpc) is 1.62. The molecule has 0 saturated carbocycles. The number of ketones is 3. The minimum Gasteiger partial charge on any atom is -0.369 e. The van der Waals surface area contributed by atoms with Crippen molar-refractivity contribution >= 4 is 152 Å². The second kappa shape index (κ2) is 34.9. The van der Waals surface area contributed by atoms with Crippen LogP contribution < -0.4 is 33.9 Å². The van der Waals surface area contributed by atoms with E-state index in [2.05, 4.69) is 74.8 Å². The number of fused-ring (bicyclic) bond motifs is 15. The van der Waals surface area contributed by atoms with Gasteiger partial charge in [-0.25, -0.2) is 85.4 Å². The van der Waals surface area contributed by atoms with Crippen LogP contribution in [-0.4, -0.2) is 284 Å². The van der Waals surface area contributed by atoms with Gasteiger partial charge >= 0.3 is 46.9 Å². The number of H-pyrrole nitrogens is 3. The van der Waals surface area contributed by atoms with Crippen LogP contribution in [0.3, 0.4) is 0 Å². The van der Waals surface area contributed by atoms with Crippen LogP contribution in [0.5, 0.6) is 0 Å². The van der Waals surface area contributed by atoms with E-state index in [1.54, 1.807) is 0 Å². The predicted molar refractivity (Wildman–Crippen MR) is 422 cm³/mol. The smallest absolute Gasteiger partial charge is 0.369 e. The quantitative estimate of drug-likeness (QED) is 0.104. The fraction of sp³-hybridized carbons (Fsp3) is 0.524. The third-order valence-electron chi connectivity index (χ3n) is 21.9. The number of nitrogen functional groups attached to an aromatic ring is 3. The summed E-state index contributed by atoms with van der Waals surface area (Å²) in [7, 11) is -30.0. The van der Waals surface area contributed by atoms with Gasteiger partial charge in [-0.2, -0.15) is 15.0 Å². The van der Waals surface area contributed by atoms with Gasteiger partial charge in [-0.05, 0) is 0 Å². The van der Waals surface area contributed by atoms with Gasteiger partial charge in [-0.3, -0.25) is 125 Å². The van der Waals surface area contributed by atoms with Gasteiger partial charge in [0, 0.05) is 57.2 Å². The third kappa shape index (κ3) is 18.0. The summed E-state index contributed by atoms with van der Waals surface area (Å²) in [5.74, 6) is -1.57. The molecule has 0 radical (unpaired) electrons. The normalized spacial score (nSPS) is 37.7. The summed E-state index contributed by atoms with van der Waals surface area (Å²) >= 11 is 0. The molecule has 0 aliphatic carbocycles. The monoisotopic (exact) mass is 1980 g/mol. The number of ether oxygens (including phenoxy) is 6. The zero-order valence-electron chi connectivity index (χ0n) is 66.3. The highest BCUT2D eigenvalue weighted by Gasteiger charge is 2.58. The number of hydrogen-bond donors (Lipinski definition) is 12. The van der Waals surface area contributed by atoms with E-state index in [9.17, 15) is 85.5 Å². The summed E-state index contributed by atoms with van der Waals surface area (Å²) < 4.78 is 230. The molecule has 9 saturated heterocycles. The maximum absolute atomic E-state index is 15.8. The molecule has 21 rings (SSSR count). The van der Waals surface area contributed by atoms with Gasteiger partial charge in [0.05, 0.1) is 89.8 Å². The number of Topliss-reactive ketones (excluding diaryl/α,β-unsaturated/α-hetero) is 3. The van der Waals surface area contributed by atoms with Gasteiger partial charge in [0.1, 0.15) is 67.3 Å². The van der Waals surface area contributed by atoms with Crippen LogP contribution in [0.4, 0.5) is 48.5 Å². The molecule has 0 aromatic carbocycles. The molecule has 0 spiro atoms. The van der Waals surface area contributed by atoms with Crippen molar-refractivity contribution in [1.82, 2.24) is 87.2 Å². The predicted octanol–water partition coefficient (Wildman–Crippen LogP) is 1.28. The molecule has 9 fully saturated rings. The Balaban J connectivity index is 0.000000128. The minimum absolute atomic E-state index is 0.0000917. The van der Waals surface area contributed by atoms with Crippen molar-refractivity contribution in [3.63, 3.8) is 0 Å². The lowest BCUT2D eigenvalue weighted by Crippen LogP contribution is -2.34. The van der Waals surface area contributed by atoms with Gasteiger partial charge < -0.3 is 75.0 Å². The first-order chi connectivity index (χ1) is 62.7. The highest BCUT2D eigenvalue weighted by atomic mass is 31.2. The number of phosphoric acid groups is 6. The molecule has 12 aliphatic heterocycles. The van der Waals surface area contributed by atoms with Gasteiger partial charge in [0.25, 0.3) is 16.7 Å². The van der Waals surface area contributed by atoms with Crippen LogP contribution in [0.15, 0.2) is 67.3 Å². The van der Waals surface area contributed by atoms with Crippen molar-refractivity contribution in [2.45, 2.75) is 168 Å². The Kier molecular flexibility index (Phi) is 24.2. The molecule has 132 heavy (non-hydrogen) atoms. The lowest BCUT2D eigenvalue weighted by molar-refractivity contribution is -0.0672. The second-order valence-corrected chi connectivity index (χ2v) is 38.9. The Morgan fingerprint density at radius 3 is 1.08 bits per heavy atom. The number of aliphatic imine (C=N–C) groups is 3. The standard InChI is InChI=1S/C21H22F2N8O12P2.C21H23FN8O12P2.C21H24N8O12P2/c22-10-8-3-38-44(34,35)42-14-9(41-19(11(14)23)30-5-26-12-7(32)1-2-25-16(12)30)4-39-45(36,37)43-15(10)20(40-8)31-6-27-13-17(31)28-21(24)29-18(13)33;22-12-15-11(40-20(12)29-6-25-13-9(31)1-2-24-16(13)29)5-38-43(33,34)41-10-3-8(4-37-44(35,36)42-15)39-19(10)30-7-26-14-17(30)27-21(23)28-18(14)32;22-21-26-18-16(19(31)27-21)25-8-29(18)20-12-3-9(38-20)5-36-42(32,33)40-11-4-14(39-13(11)6-37-43(34,35)41-12)28-7-24-15-10(30)1-2-23-17(15)28/h2,5-6,8-11,14-15,19-20H,1,3-4H2,(H,34,35)(H,36,37)(H3,24,28,29,33);2,6-8,10-12,15,19-20H,1,3-5H2,(H,33,34)(H,35,36)(H3,23,27,28,32);2,7-9,11-14,20H,1,3-6H2,(H,32,33)(H,34,35)(H3,22,26,27,31)/t8-,9-,10-,11-,14-,15-,19-,20-;8-,10+,11+,12-,15+,19+,20+;9-,11-,12+,13+,14+,20+/m100/s1. The van der Waals surface area contributed by atoms with Crippen molar-refractivity contribution in [1.29, 1.82) is 0 Å². The first kappa shape index (κ1) is 91.4. The summed E-state index contributed by atoms with van der Waals surface area (Å²) in [5.41, 5.74) is 14.4. The molecule has 9 aromatic rings. The van der Waals surface area contributed by atoms with E-state index < -0.39 is 238 Å². The first-order valence-electron chi connectivity index (χ1n) is 39.0. The van der Waals surface area contributed by atoms with Gasteiger partial charge in [0.15, 0.2) is 135 Å². The maximum atomic E-state index is 15.8. The number of nitrogens with one attached hydrogen (secondary N) is 3. The molecule has 15 N–H and O–H groups in total. The van der Waals surface area contributed by atoms with Crippen molar-refractivity contribution in [3.8, 4) is 0 Å². The molecular formula is C63H69F3N24O36P6. The van der Waals surface area contributed by atoms with Crippen molar-refractivity contribution < 1.29 is 167 Å². The molecular weight excluding hydrogens is 1910 g/mol. The number of hydrogen-bond acceptors (Lipinski definition) is 45. The third-order valence-corrected chi connectivity index (χ3v) is 27.9. The molecule has 12 aliphatic rings. The number of imidazole rings is 6. The fourth-order valence-corrected chi connectivity index (χ4v) is 21.8. The second-order valence-electron chi connectivity index (χ2n) is 30.5. The number of rotatable bonds is 6. The van der Waals surface area contributed by atoms with E-state index in [0.29, 0.717) is 0 Å². The zero-order valence-corrected chi connectivity index (χ0v) is 71.7. The summed E-state index contributed by atoms with van der Waals surface area (Å²) in [6, 6.07) is 0. The highest BCUT2D eigenvalue weighted by molar-refractivity contribution is 7.48. The largest absolute Gasteiger partial charge is 0.472 e. The van der Waals surface area contributed by atoms with Crippen molar-refractivity contribution in [3.05, 3.63) is 86.1 Å². The number of phosphoric ester groups is 6. The number of nitrogens with two attached hydrogens (primary N) is 3. The minimum atomic E-state index is -5.25. The van der Waals surface area contributed by atoms with Crippen LogP contribution >= 0.6 is 46.9 Å². The number of anilines is 3. The Morgan fingerprint density at radius 1 is 0.341 bits per heavy atom. The Labute approximate surface area is 728 Å². The highest BCUT2D eigenvalue weighted by Crippen LogP contribution is 2.59. The molecule has 21 heterocycles. The zero-order chi connectivity index (χ0) is 92.9. The summed E-state index contributed by atoms with van der Waals surface area (Å²) in [5, 5.41) is 0. The van der Waals surface area contributed by atoms with Crippen LogP contribution in [0, 0.1) is 0 Å². The van der Waals surface area contributed by atoms with Gasteiger partial charge in [0.2, 0.25) is 17.8 Å². The van der Waals surface area contributed by atoms with E-state index >= 15 is 13.2 Å². The van der Waals surface area contributed by atoms with Crippen molar-refractivity contribution in [2.75, 3.05) is 56.8 Å². The number of aromatic amines is 3. The Morgan fingerprint density at radius 2 is 0.667 bits per heavy atom. The number of carbonyl (C=O) groups is 3. The van der Waals surface area contributed by atoms with E-state index in [1.807, 2.05) is 0 Å². The van der Waals surface area contributed by atoms with Gasteiger partial charge in [-0.15, -0.1) is 0 Å². The topological polar surface area (TPSA) is 800 Å². The SMILES string of the molecule is Nc1nc2c(ncn2[C@@H]2O[C@@H]3COP(=O)(O)O[C@H]4C[C@H](n5cnc6c5N=CCC6=O)O[C@@H]4COP(=O)(O)O[C@@H]2C3)c(=O)[nH]1.Nc1nc2c(ncn2[C@@H]2O[C@@H]3COP(=O)(O)O[C@H]4[C@@H](F)[C@H](n5cnc6c5N=CCC6=O)O[C@@H]4COP(=O)(O)O[C@@H]2[C@@H]3F)c(=O)[nH]1.Nc1nc2c(ncn2[C@@H]2O[C@@H]3COP(=O)(O)O[C@H]4[C@H](F)[C@H](n5cnc6c5N=CCC6=O)O[C@@H]4COP(=O)(O)O[C@@H]2C3)c(=O)[nH]1. The van der Waals surface area contributed by atoms with E-state index in [-0.39, 0.29) is 136 Å². The van der Waals surface area contributed by atoms with E-state index in [4.69, 9.17) is 99.9 Å². The molecule has 69 heteroatoms. The number of nitrogens with zero attached hydrogens (tertiary/aromatic N) is 18. The summed E-state index contributed by atoms with van der Waals surface area (Å²) in [6.45, 7) is -4.50. The molecule has 708 valence electrons. The molecule has 27 atom stereocenters.